The molecule has 168 valence electrons. The molecule has 0 heterocycles. The van der Waals surface area contributed by atoms with Gasteiger partial charge in [0, 0.05) is 5.56 Å². The minimum absolute atomic E-state index is 0.0852. The van der Waals surface area contributed by atoms with Gasteiger partial charge < -0.3 is 0 Å². The molecule has 7 rings (SSSR count). The van der Waals surface area contributed by atoms with Crippen molar-refractivity contribution in [3.8, 4) is 11.1 Å². The number of carbonyl (C=O) groups is 2. The van der Waals surface area contributed by atoms with Crippen LogP contribution in [0.2, 0.25) is 0 Å². The second kappa shape index (κ2) is 6.66. The summed E-state index contributed by atoms with van der Waals surface area (Å²) in [4.78, 5) is 23.5. The number of ketones is 2. The Morgan fingerprint density at radius 3 is 1.66 bits per heavy atom. The molecule has 0 aliphatic carbocycles. The molecule has 0 radical (unpaired) electrons. The van der Waals surface area contributed by atoms with Gasteiger partial charge in [0.2, 0.25) is 5.78 Å². The zero-order valence-electron chi connectivity index (χ0n) is 18.2. The third kappa shape index (κ3) is 2.72. The number of Topliss-reactive ketones (excluding diaryl/α,β-unsaturated/α-hetero) is 2. The highest BCUT2D eigenvalue weighted by Gasteiger charge is 2.39. The number of rotatable bonds is 4. The fourth-order valence-corrected chi connectivity index (χ4v) is 5.59. The Bertz CT molecular complexity index is 1890. The van der Waals surface area contributed by atoms with Crippen LogP contribution in [0, 0.1) is 0 Å². The van der Waals surface area contributed by atoms with Crippen molar-refractivity contribution in [2.45, 2.75) is 12.6 Å². The molecule has 0 aliphatic rings. The Kier molecular flexibility index (Phi) is 3.84. The van der Waals surface area contributed by atoms with E-state index in [4.69, 9.17) is 0 Å². The molecule has 2 nitrogen and oxygen atoms in total. The Labute approximate surface area is 196 Å². The average Bonchev–Trinajstić information content (AvgIpc) is 3.22. The topological polar surface area (TPSA) is 34.1 Å². The lowest BCUT2D eigenvalue weighted by Crippen LogP contribution is -2.25. The van der Waals surface area contributed by atoms with E-state index in [1.807, 2.05) is 0 Å². The van der Waals surface area contributed by atoms with E-state index in [-0.39, 0.29) is 5.56 Å². The van der Waals surface area contributed by atoms with Crippen LogP contribution in [0.4, 0.5) is 13.2 Å². The largest absolute Gasteiger partial charge is 0.450 e. The SMILES string of the molecule is O=C(CC(=O)C(F)(F)F)c1ccc(-c2cc3ccc4ccc5ccc6ccc2c2c6c5c4c32)cc1. The second-order valence-corrected chi connectivity index (χ2v) is 9.10. The normalized spacial score (nSPS) is 12.8. The molecule has 0 aliphatic heterocycles. The summed E-state index contributed by atoms with van der Waals surface area (Å²) < 4.78 is 37.6. The predicted molar refractivity (Wildman–Crippen MR) is 133 cm³/mol. The fourth-order valence-electron chi connectivity index (χ4n) is 5.59. The van der Waals surface area contributed by atoms with Crippen molar-refractivity contribution in [2.24, 2.45) is 0 Å². The quantitative estimate of drug-likeness (QED) is 0.150. The lowest BCUT2D eigenvalue weighted by atomic mass is 9.91. The first-order valence-corrected chi connectivity index (χ1v) is 11.2. The van der Waals surface area contributed by atoms with E-state index in [9.17, 15) is 22.8 Å². The van der Waals surface area contributed by atoms with Gasteiger partial charge in [0.1, 0.15) is 0 Å². The third-order valence-electron chi connectivity index (χ3n) is 7.18. The molecule has 0 spiro atoms. The highest BCUT2D eigenvalue weighted by atomic mass is 19.4. The minimum Gasteiger partial charge on any atom is -0.294 e. The van der Waals surface area contributed by atoms with Crippen molar-refractivity contribution in [3.63, 3.8) is 0 Å². The summed E-state index contributed by atoms with van der Waals surface area (Å²) in [5.74, 6) is -2.87. The van der Waals surface area contributed by atoms with Gasteiger partial charge in [-0.2, -0.15) is 13.2 Å². The predicted octanol–water partition coefficient (Wildman–Crippen LogP) is 8.14. The van der Waals surface area contributed by atoms with Gasteiger partial charge in [-0.3, -0.25) is 9.59 Å². The van der Waals surface area contributed by atoms with Crippen molar-refractivity contribution in [1.29, 1.82) is 0 Å². The average molecular weight is 464 g/mol. The molecule has 0 fully saturated rings. The van der Waals surface area contributed by atoms with Crippen LogP contribution in [0.3, 0.4) is 0 Å². The molecule has 0 N–H and O–H groups in total. The molecular weight excluding hydrogens is 449 g/mol. The molecule has 0 atom stereocenters. The minimum atomic E-state index is -5.01. The number of carbonyl (C=O) groups excluding carboxylic acids is 2. The second-order valence-electron chi connectivity index (χ2n) is 9.10. The summed E-state index contributed by atoms with van der Waals surface area (Å²) in [5.41, 5.74) is 1.93. The van der Waals surface area contributed by atoms with Crippen LogP contribution in [0.25, 0.3) is 65.0 Å². The molecule has 0 saturated heterocycles. The van der Waals surface area contributed by atoms with E-state index < -0.39 is 24.2 Å². The van der Waals surface area contributed by atoms with Crippen molar-refractivity contribution >= 4 is 65.4 Å². The monoisotopic (exact) mass is 464 g/mol. The van der Waals surface area contributed by atoms with E-state index in [0.717, 1.165) is 21.9 Å². The van der Waals surface area contributed by atoms with Crippen LogP contribution in [0.5, 0.6) is 0 Å². The molecule has 0 aromatic heterocycles. The zero-order valence-corrected chi connectivity index (χ0v) is 18.2. The van der Waals surface area contributed by atoms with Crippen molar-refractivity contribution in [2.75, 3.05) is 0 Å². The van der Waals surface area contributed by atoms with E-state index >= 15 is 0 Å². The molecule has 5 heteroatoms. The molecule has 7 aromatic rings. The van der Waals surface area contributed by atoms with Gasteiger partial charge in [0.25, 0.3) is 0 Å². The molecule has 0 unspecified atom stereocenters. The van der Waals surface area contributed by atoms with Gasteiger partial charge in [0.05, 0.1) is 6.42 Å². The fraction of sp³-hybridized carbons (Fsp3) is 0.0667. The summed E-state index contributed by atoms with van der Waals surface area (Å²) in [6.07, 6.45) is -6.19. The Morgan fingerprint density at radius 2 is 1.09 bits per heavy atom. The highest BCUT2D eigenvalue weighted by molar-refractivity contribution is 6.45. The standard InChI is InChI=1S/C30H15F3O2/c31-30(32,33)24(35)14-23(34)16-3-1-15(2-4-16)22-13-20-10-9-18-6-5-17-7-8-19-11-12-21(22)29-27(19)25(17)26(18)28(20)29/h1-13H,14H2. The molecule has 0 amide bonds. The molecule has 7 aromatic carbocycles. The maximum atomic E-state index is 12.5. The van der Waals surface area contributed by atoms with Gasteiger partial charge in [0.15, 0.2) is 5.78 Å². The van der Waals surface area contributed by atoms with E-state index in [0.29, 0.717) is 0 Å². The Balaban J connectivity index is 1.42. The van der Waals surface area contributed by atoms with Gasteiger partial charge in [-0.15, -0.1) is 0 Å². The van der Waals surface area contributed by atoms with Crippen LogP contribution < -0.4 is 0 Å². The number of hydrogen-bond acceptors (Lipinski definition) is 2. The molecule has 0 saturated carbocycles. The van der Waals surface area contributed by atoms with Crippen molar-refractivity contribution < 1.29 is 22.8 Å². The van der Waals surface area contributed by atoms with Gasteiger partial charge in [-0.05, 0) is 71.1 Å². The van der Waals surface area contributed by atoms with Gasteiger partial charge >= 0.3 is 6.18 Å². The molecule has 35 heavy (non-hydrogen) atoms. The Hall–Kier alpha value is -4.25. The Morgan fingerprint density at radius 1 is 0.600 bits per heavy atom. The highest BCUT2D eigenvalue weighted by Crippen LogP contribution is 2.50. The zero-order chi connectivity index (χ0) is 24.1. The van der Waals surface area contributed by atoms with Crippen LogP contribution in [-0.2, 0) is 4.79 Å². The summed E-state index contributed by atoms with van der Waals surface area (Å²) in [6, 6.07) is 25.7. The van der Waals surface area contributed by atoms with Crippen LogP contribution in [0.1, 0.15) is 16.8 Å². The summed E-state index contributed by atoms with van der Waals surface area (Å²) in [6.45, 7) is 0. The first kappa shape index (κ1) is 20.2. The van der Waals surface area contributed by atoms with Crippen molar-refractivity contribution in [1.82, 2.24) is 0 Å². The van der Waals surface area contributed by atoms with Crippen molar-refractivity contribution in [3.05, 3.63) is 84.4 Å². The first-order valence-electron chi connectivity index (χ1n) is 11.2. The maximum absolute atomic E-state index is 12.5. The van der Waals surface area contributed by atoms with Crippen LogP contribution in [-0.4, -0.2) is 17.7 Å². The summed E-state index contributed by atoms with van der Waals surface area (Å²) in [5, 5.41) is 12.1. The molecular formula is C30H15F3O2. The number of halogens is 3. The number of alkyl halides is 3. The maximum Gasteiger partial charge on any atom is 0.450 e. The third-order valence-corrected chi connectivity index (χ3v) is 7.18. The number of benzene rings is 6. The smallest absolute Gasteiger partial charge is 0.294 e. The van der Waals surface area contributed by atoms with Gasteiger partial charge in [-0.1, -0.05) is 72.8 Å². The first-order chi connectivity index (χ1) is 16.8. The lowest BCUT2D eigenvalue weighted by Gasteiger charge is -2.12. The van der Waals surface area contributed by atoms with Gasteiger partial charge in [-0.25, -0.2) is 0 Å². The van der Waals surface area contributed by atoms with E-state index in [2.05, 4.69) is 54.6 Å². The lowest BCUT2D eigenvalue weighted by molar-refractivity contribution is -0.170. The number of hydrogen-bond donors (Lipinski definition) is 0. The molecule has 0 bridgehead atoms. The van der Waals surface area contributed by atoms with Crippen LogP contribution >= 0.6 is 0 Å². The van der Waals surface area contributed by atoms with E-state index in [1.165, 1.54) is 55.2 Å². The van der Waals surface area contributed by atoms with E-state index in [1.54, 1.807) is 12.1 Å². The summed E-state index contributed by atoms with van der Waals surface area (Å²) in [7, 11) is 0. The van der Waals surface area contributed by atoms with Crippen LogP contribution in [0.15, 0.2) is 78.9 Å². The summed E-state index contributed by atoms with van der Waals surface area (Å²) >= 11 is 0.